The first-order chi connectivity index (χ1) is 13.2. The molecule has 0 spiro atoms. The SMILES string of the molecule is CC(O)CS(=O)(=O)c1ccc(OC(F)F)c(-c2nn(C)cc2-n2cccn2)c1. The number of rotatable bonds is 7. The molecule has 0 saturated carbocycles. The lowest BCUT2D eigenvalue weighted by atomic mass is 10.1. The average Bonchev–Trinajstić information content (AvgIpc) is 3.22. The van der Waals surface area contributed by atoms with E-state index in [0.717, 1.165) is 12.1 Å². The normalized spacial score (nSPS) is 13.1. The first-order valence-electron chi connectivity index (χ1n) is 8.21. The third-order valence-electron chi connectivity index (χ3n) is 3.80. The Balaban J connectivity index is 2.20. The molecule has 1 unspecified atom stereocenters. The number of hydrogen-bond donors (Lipinski definition) is 1. The molecule has 150 valence electrons. The van der Waals surface area contributed by atoms with E-state index in [9.17, 15) is 22.3 Å². The van der Waals surface area contributed by atoms with Crippen molar-refractivity contribution < 1.29 is 27.0 Å². The zero-order valence-corrected chi connectivity index (χ0v) is 15.8. The predicted molar refractivity (Wildman–Crippen MR) is 96.1 cm³/mol. The van der Waals surface area contributed by atoms with E-state index >= 15 is 0 Å². The molecule has 0 amide bonds. The van der Waals surface area contributed by atoms with Crippen molar-refractivity contribution in [1.29, 1.82) is 0 Å². The summed E-state index contributed by atoms with van der Waals surface area (Å²) in [6.07, 6.45) is 3.71. The van der Waals surface area contributed by atoms with Gasteiger partial charge in [-0.25, -0.2) is 13.1 Å². The summed E-state index contributed by atoms with van der Waals surface area (Å²) in [7, 11) is -2.21. The molecule has 0 aliphatic heterocycles. The Hall–Kier alpha value is -2.79. The molecule has 8 nitrogen and oxygen atoms in total. The van der Waals surface area contributed by atoms with Crippen LogP contribution in [0.25, 0.3) is 16.9 Å². The Morgan fingerprint density at radius 2 is 2.07 bits per heavy atom. The zero-order valence-electron chi connectivity index (χ0n) is 15.0. The number of aliphatic hydroxyl groups excluding tert-OH is 1. The largest absolute Gasteiger partial charge is 0.434 e. The molecule has 0 aliphatic carbocycles. The molecule has 1 aromatic carbocycles. The van der Waals surface area contributed by atoms with Crippen LogP contribution in [0.5, 0.6) is 5.75 Å². The maximum absolute atomic E-state index is 12.9. The van der Waals surface area contributed by atoms with Gasteiger partial charge in [0.2, 0.25) is 0 Å². The topological polar surface area (TPSA) is 99.2 Å². The molecule has 11 heteroatoms. The Kier molecular flexibility index (Phi) is 5.47. The van der Waals surface area contributed by atoms with Crippen molar-refractivity contribution in [1.82, 2.24) is 19.6 Å². The van der Waals surface area contributed by atoms with E-state index in [1.54, 1.807) is 25.5 Å². The van der Waals surface area contributed by atoms with Crippen LogP contribution in [0.1, 0.15) is 6.92 Å². The molecule has 0 fully saturated rings. The minimum Gasteiger partial charge on any atom is -0.434 e. The minimum absolute atomic E-state index is 0.0677. The van der Waals surface area contributed by atoms with Gasteiger partial charge in [0.15, 0.2) is 9.84 Å². The van der Waals surface area contributed by atoms with Gasteiger partial charge in [-0.1, -0.05) is 0 Å². The van der Waals surface area contributed by atoms with E-state index in [1.165, 1.54) is 28.6 Å². The van der Waals surface area contributed by atoms with Crippen LogP contribution in [-0.2, 0) is 16.9 Å². The Labute approximate surface area is 159 Å². The lowest BCUT2D eigenvalue weighted by molar-refractivity contribution is -0.0494. The summed E-state index contributed by atoms with van der Waals surface area (Å²) in [5, 5.41) is 17.8. The van der Waals surface area contributed by atoms with Gasteiger partial charge in [-0.2, -0.15) is 19.0 Å². The van der Waals surface area contributed by atoms with E-state index in [0.29, 0.717) is 5.69 Å². The van der Waals surface area contributed by atoms with Gasteiger partial charge in [-0.3, -0.25) is 4.68 Å². The van der Waals surface area contributed by atoms with Gasteiger partial charge in [0.05, 0.1) is 22.9 Å². The fourth-order valence-corrected chi connectivity index (χ4v) is 4.15. The van der Waals surface area contributed by atoms with Crippen molar-refractivity contribution in [2.24, 2.45) is 7.05 Å². The molecule has 2 heterocycles. The van der Waals surface area contributed by atoms with Crippen LogP contribution in [0.4, 0.5) is 8.78 Å². The number of benzene rings is 1. The van der Waals surface area contributed by atoms with E-state index < -0.39 is 28.3 Å². The summed E-state index contributed by atoms with van der Waals surface area (Å²) in [5.74, 6) is -0.728. The van der Waals surface area contributed by atoms with Crippen LogP contribution >= 0.6 is 0 Å². The highest BCUT2D eigenvalue weighted by Crippen LogP contribution is 2.36. The maximum Gasteiger partial charge on any atom is 0.387 e. The molecule has 2 aromatic heterocycles. The Bertz CT molecular complexity index is 1060. The average molecular weight is 412 g/mol. The summed E-state index contributed by atoms with van der Waals surface area (Å²) in [6.45, 7) is -1.75. The number of sulfone groups is 1. The fraction of sp³-hybridized carbons (Fsp3) is 0.294. The smallest absolute Gasteiger partial charge is 0.387 e. The van der Waals surface area contributed by atoms with Gasteiger partial charge < -0.3 is 9.84 Å². The molecule has 0 radical (unpaired) electrons. The van der Waals surface area contributed by atoms with Crippen molar-refractivity contribution in [3.05, 3.63) is 42.9 Å². The number of halogens is 2. The fourth-order valence-electron chi connectivity index (χ4n) is 2.75. The van der Waals surface area contributed by atoms with Gasteiger partial charge in [0.25, 0.3) is 0 Å². The van der Waals surface area contributed by atoms with Crippen molar-refractivity contribution in [2.45, 2.75) is 24.5 Å². The number of aryl methyl sites for hydroxylation is 1. The van der Waals surface area contributed by atoms with Gasteiger partial charge in [0.1, 0.15) is 17.1 Å². The standard InChI is InChI=1S/C17H18F2N4O4S/c1-11(24)10-28(25,26)12-4-5-15(27-17(18)19)13(8-12)16-14(9-22(2)21-16)23-7-3-6-20-23/h3-9,11,17,24H,10H2,1-2H3. The molecule has 0 saturated heterocycles. The minimum atomic E-state index is -3.85. The summed E-state index contributed by atoms with van der Waals surface area (Å²) in [6, 6.07) is 5.20. The van der Waals surface area contributed by atoms with Crippen molar-refractivity contribution in [2.75, 3.05) is 5.75 Å². The molecular formula is C17H18F2N4O4S. The van der Waals surface area contributed by atoms with E-state index in [4.69, 9.17) is 0 Å². The quantitative estimate of drug-likeness (QED) is 0.638. The van der Waals surface area contributed by atoms with Crippen LogP contribution in [0.3, 0.4) is 0 Å². The summed E-state index contributed by atoms with van der Waals surface area (Å²) >= 11 is 0. The van der Waals surface area contributed by atoms with E-state index in [2.05, 4.69) is 14.9 Å². The number of aliphatic hydroxyl groups is 1. The molecule has 0 bridgehead atoms. The molecular weight excluding hydrogens is 394 g/mol. The molecule has 28 heavy (non-hydrogen) atoms. The third-order valence-corrected chi connectivity index (χ3v) is 5.70. The highest BCUT2D eigenvalue weighted by molar-refractivity contribution is 7.91. The van der Waals surface area contributed by atoms with E-state index in [1.807, 2.05) is 0 Å². The van der Waals surface area contributed by atoms with Gasteiger partial charge in [-0.05, 0) is 31.2 Å². The second-order valence-corrected chi connectivity index (χ2v) is 8.19. The van der Waals surface area contributed by atoms with Crippen molar-refractivity contribution in [3.63, 3.8) is 0 Å². The predicted octanol–water partition coefficient (Wildman–Crippen LogP) is 2.03. The number of ether oxygens (including phenoxy) is 1. The van der Waals surface area contributed by atoms with Gasteiger partial charge in [-0.15, -0.1) is 0 Å². The zero-order chi connectivity index (χ0) is 20.5. The van der Waals surface area contributed by atoms with Crippen LogP contribution in [0.15, 0.2) is 47.8 Å². The number of hydrogen-bond acceptors (Lipinski definition) is 6. The van der Waals surface area contributed by atoms with Crippen LogP contribution in [0, 0.1) is 0 Å². The monoisotopic (exact) mass is 412 g/mol. The van der Waals surface area contributed by atoms with E-state index in [-0.39, 0.29) is 21.9 Å². The molecule has 1 N–H and O–H groups in total. The first-order valence-corrected chi connectivity index (χ1v) is 9.86. The third kappa shape index (κ3) is 4.20. The molecule has 0 aliphatic rings. The second-order valence-electron chi connectivity index (χ2n) is 6.15. The lowest BCUT2D eigenvalue weighted by Crippen LogP contribution is -2.18. The van der Waals surface area contributed by atoms with Crippen molar-refractivity contribution >= 4 is 9.84 Å². The molecule has 3 aromatic rings. The van der Waals surface area contributed by atoms with Gasteiger partial charge in [0, 0.05) is 25.0 Å². The summed E-state index contributed by atoms with van der Waals surface area (Å²) in [4.78, 5) is -0.137. The maximum atomic E-state index is 12.9. The number of aromatic nitrogens is 4. The first kappa shape index (κ1) is 20.0. The van der Waals surface area contributed by atoms with Crippen LogP contribution in [-0.4, -0.2) is 51.6 Å². The molecule has 1 atom stereocenters. The highest BCUT2D eigenvalue weighted by Gasteiger charge is 2.24. The number of nitrogens with zero attached hydrogens (tertiary/aromatic N) is 4. The molecule has 3 rings (SSSR count). The summed E-state index contributed by atoms with van der Waals surface area (Å²) in [5.41, 5.74) is 0.741. The number of alkyl halides is 2. The summed E-state index contributed by atoms with van der Waals surface area (Å²) < 4.78 is 58.2. The Morgan fingerprint density at radius 3 is 2.68 bits per heavy atom. The Morgan fingerprint density at radius 1 is 1.32 bits per heavy atom. The second kappa shape index (κ2) is 7.68. The van der Waals surface area contributed by atoms with Crippen LogP contribution < -0.4 is 4.74 Å². The van der Waals surface area contributed by atoms with Crippen molar-refractivity contribution in [3.8, 4) is 22.7 Å². The highest BCUT2D eigenvalue weighted by atomic mass is 32.2. The lowest BCUT2D eigenvalue weighted by Gasteiger charge is -2.13. The van der Waals surface area contributed by atoms with Gasteiger partial charge >= 0.3 is 6.61 Å². The van der Waals surface area contributed by atoms with Crippen LogP contribution in [0.2, 0.25) is 0 Å².